The van der Waals surface area contributed by atoms with Gasteiger partial charge < -0.3 is 14.1 Å². The zero-order valence-electron chi connectivity index (χ0n) is 14.4. The van der Waals surface area contributed by atoms with Crippen molar-refractivity contribution >= 4 is 5.91 Å². The normalized spacial score (nSPS) is 13.4. The van der Waals surface area contributed by atoms with Crippen LogP contribution < -0.4 is 4.74 Å². The molecule has 0 aliphatic carbocycles. The van der Waals surface area contributed by atoms with Crippen LogP contribution >= 0.6 is 0 Å². The van der Waals surface area contributed by atoms with Crippen molar-refractivity contribution in [2.75, 3.05) is 13.7 Å². The summed E-state index contributed by atoms with van der Waals surface area (Å²) in [6, 6.07) is 5.74. The van der Waals surface area contributed by atoms with E-state index in [4.69, 9.17) is 9.15 Å². The van der Waals surface area contributed by atoms with Gasteiger partial charge in [-0.1, -0.05) is 0 Å². The lowest BCUT2D eigenvalue weighted by molar-refractivity contribution is 0.0722. The van der Waals surface area contributed by atoms with Gasteiger partial charge in [-0.05, 0) is 24.3 Å². The van der Waals surface area contributed by atoms with E-state index in [0.717, 1.165) is 24.8 Å². The number of pyridine rings is 1. The molecule has 0 bridgehead atoms. The van der Waals surface area contributed by atoms with Crippen molar-refractivity contribution in [3.05, 3.63) is 65.3 Å². The Labute approximate surface area is 153 Å². The fourth-order valence-corrected chi connectivity index (χ4v) is 3.04. The maximum absolute atomic E-state index is 14.4. The van der Waals surface area contributed by atoms with Gasteiger partial charge in [0, 0.05) is 25.4 Å². The van der Waals surface area contributed by atoms with E-state index in [1.165, 1.54) is 4.90 Å². The van der Waals surface area contributed by atoms with E-state index in [0.29, 0.717) is 30.3 Å². The molecule has 0 N–H and O–H groups in total. The maximum Gasteiger partial charge on any atom is 0.257 e. The Bertz CT molecular complexity index is 1000. The minimum absolute atomic E-state index is 0.178. The summed E-state index contributed by atoms with van der Waals surface area (Å²) in [5.74, 6) is -1.87. The number of fused-ring (bicyclic) bond motifs is 1. The van der Waals surface area contributed by atoms with Gasteiger partial charge in [-0.3, -0.25) is 9.78 Å². The van der Waals surface area contributed by atoms with Crippen LogP contribution in [-0.2, 0) is 13.0 Å². The Morgan fingerprint density at radius 2 is 2.15 bits per heavy atom. The number of amides is 1. The second kappa shape index (κ2) is 6.79. The Balaban J connectivity index is 1.60. The molecule has 0 spiro atoms. The molecule has 3 aromatic rings. The maximum atomic E-state index is 14.4. The van der Waals surface area contributed by atoms with Crippen LogP contribution in [0.1, 0.15) is 21.8 Å². The molecule has 0 atom stereocenters. The molecule has 1 aliphatic heterocycles. The summed E-state index contributed by atoms with van der Waals surface area (Å²) in [6.07, 6.45) is 3.74. The van der Waals surface area contributed by atoms with E-state index in [1.54, 1.807) is 18.5 Å². The van der Waals surface area contributed by atoms with E-state index < -0.39 is 23.3 Å². The summed E-state index contributed by atoms with van der Waals surface area (Å²) in [4.78, 5) is 22.7. The number of oxazole rings is 1. The molecule has 138 valence electrons. The predicted molar refractivity (Wildman–Crippen MR) is 91.1 cm³/mol. The highest BCUT2D eigenvalue weighted by Gasteiger charge is 2.29. The van der Waals surface area contributed by atoms with Gasteiger partial charge in [-0.25, -0.2) is 13.8 Å². The topological polar surface area (TPSA) is 68.5 Å². The number of aromatic nitrogens is 2. The van der Waals surface area contributed by atoms with Crippen LogP contribution in [0.25, 0.3) is 11.5 Å². The molecule has 1 amide bonds. The van der Waals surface area contributed by atoms with Gasteiger partial charge >= 0.3 is 0 Å². The van der Waals surface area contributed by atoms with Crippen LogP contribution in [0.4, 0.5) is 8.78 Å². The van der Waals surface area contributed by atoms with E-state index in [9.17, 15) is 13.6 Å². The monoisotopic (exact) mass is 371 g/mol. The SMILES string of the molecule is COc1c(F)ccc(C(=O)N2CCc3oc(-c4cccnc4)nc3C2)c1F. The Hall–Kier alpha value is -3.29. The van der Waals surface area contributed by atoms with Crippen molar-refractivity contribution in [1.29, 1.82) is 0 Å². The molecule has 0 radical (unpaired) electrons. The van der Waals surface area contributed by atoms with Crippen LogP contribution in [0, 0.1) is 11.6 Å². The summed E-state index contributed by atoms with van der Waals surface area (Å²) in [5.41, 5.74) is 1.11. The molecular formula is C19H15F2N3O3. The Morgan fingerprint density at radius 1 is 1.30 bits per heavy atom. The summed E-state index contributed by atoms with van der Waals surface area (Å²) >= 11 is 0. The fourth-order valence-electron chi connectivity index (χ4n) is 3.04. The first kappa shape index (κ1) is 17.1. The smallest absolute Gasteiger partial charge is 0.257 e. The number of ether oxygens (including phenoxy) is 1. The lowest BCUT2D eigenvalue weighted by atomic mass is 10.1. The first-order valence-electron chi connectivity index (χ1n) is 8.28. The molecule has 2 aromatic heterocycles. The van der Waals surface area contributed by atoms with Crippen molar-refractivity contribution in [3.63, 3.8) is 0 Å². The highest BCUT2D eigenvalue weighted by atomic mass is 19.1. The molecule has 27 heavy (non-hydrogen) atoms. The number of methoxy groups -OCH3 is 1. The third kappa shape index (κ3) is 3.03. The first-order valence-corrected chi connectivity index (χ1v) is 8.28. The van der Waals surface area contributed by atoms with Crippen LogP contribution in [0.2, 0.25) is 0 Å². The molecule has 4 rings (SSSR count). The molecule has 0 unspecified atom stereocenters. The third-order valence-corrected chi connectivity index (χ3v) is 4.41. The van der Waals surface area contributed by atoms with Gasteiger partial charge in [0.2, 0.25) is 5.89 Å². The van der Waals surface area contributed by atoms with Gasteiger partial charge in [-0.2, -0.15) is 0 Å². The van der Waals surface area contributed by atoms with Crippen molar-refractivity contribution < 1.29 is 22.7 Å². The zero-order chi connectivity index (χ0) is 19.0. The number of halogens is 2. The number of nitrogens with zero attached hydrogens (tertiary/aromatic N) is 3. The van der Waals surface area contributed by atoms with Crippen LogP contribution in [0.15, 0.2) is 41.1 Å². The number of carbonyl (C=O) groups excluding carboxylic acids is 1. The fraction of sp³-hybridized carbons (Fsp3) is 0.211. The lowest BCUT2D eigenvalue weighted by Gasteiger charge is -2.25. The standard InChI is InChI=1S/C19H15F2N3O3/c1-26-17-13(20)5-4-12(16(17)21)19(25)24-8-6-15-14(10-24)23-18(27-15)11-3-2-7-22-9-11/h2-5,7,9H,6,8,10H2,1H3. The molecule has 8 heteroatoms. The highest BCUT2D eigenvalue weighted by molar-refractivity contribution is 5.95. The minimum Gasteiger partial charge on any atom is -0.491 e. The van der Waals surface area contributed by atoms with Crippen molar-refractivity contribution in [1.82, 2.24) is 14.9 Å². The second-order valence-electron chi connectivity index (χ2n) is 6.05. The van der Waals surface area contributed by atoms with E-state index >= 15 is 0 Å². The molecule has 0 fully saturated rings. The van der Waals surface area contributed by atoms with Gasteiger partial charge in [-0.15, -0.1) is 0 Å². The average molecular weight is 371 g/mol. The third-order valence-electron chi connectivity index (χ3n) is 4.41. The summed E-state index contributed by atoms with van der Waals surface area (Å²) < 4.78 is 38.5. The van der Waals surface area contributed by atoms with Crippen LogP contribution in [0.5, 0.6) is 5.75 Å². The summed E-state index contributed by atoms with van der Waals surface area (Å²) in [7, 11) is 1.15. The van der Waals surface area contributed by atoms with Crippen molar-refractivity contribution in [2.45, 2.75) is 13.0 Å². The van der Waals surface area contributed by atoms with E-state index in [-0.39, 0.29) is 12.1 Å². The zero-order valence-corrected chi connectivity index (χ0v) is 14.4. The van der Waals surface area contributed by atoms with Crippen molar-refractivity contribution in [3.8, 4) is 17.2 Å². The molecule has 6 nitrogen and oxygen atoms in total. The quantitative estimate of drug-likeness (QED) is 0.707. The second-order valence-corrected chi connectivity index (χ2v) is 6.05. The highest BCUT2D eigenvalue weighted by Crippen LogP contribution is 2.29. The number of rotatable bonds is 3. The predicted octanol–water partition coefficient (Wildman–Crippen LogP) is 3.22. The van der Waals surface area contributed by atoms with Crippen LogP contribution in [0.3, 0.4) is 0 Å². The number of hydrogen-bond donors (Lipinski definition) is 0. The largest absolute Gasteiger partial charge is 0.491 e. The molecule has 3 heterocycles. The Morgan fingerprint density at radius 3 is 2.89 bits per heavy atom. The molecule has 1 aliphatic rings. The minimum atomic E-state index is -1.01. The van der Waals surface area contributed by atoms with Gasteiger partial charge in [0.25, 0.3) is 5.91 Å². The lowest BCUT2D eigenvalue weighted by Crippen LogP contribution is -2.36. The molecular weight excluding hydrogens is 356 g/mol. The van der Waals surface area contributed by atoms with Crippen LogP contribution in [-0.4, -0.2) is 34.4 Å². The number of benzene rings is 1. The van der Waals surface area contributed by atoms with Crippen molar-refractivity contribution in [2.24, 2.45) is 0 Å². The van der Waals surface area contributed by atoms with E-state index in [2.05, 4.69) is 9.97 Å². The number of hydrogen-bond acceptors (Lipinski definition) is 5. The molecule has 1 aromatic carbocycles. The van der Waals surface area contributed by atoms with Gasteiger partial charge in [0.15, 0.2) is 17.4 Å². The molecule has 0 saturated carbocycles. The summed E-state index contributed by atoms with van der Waals surface area (Å²) in [6.45, 7) is 0.518. The first-order chi connectivity index (χ1) is 13.1. The van der Waals surface area contributed by atoms with E-state index in [1.807, 2.05) is 6.07 Å². The summed E-state index contributed by atoms with van der Waals surface area (Å²) in [5, 5.41) is 0. The Kier molecular flexibility index (Phi) is 4.31. The van der Waals surface area contributed by atoms with Gasteiger partial charge in [0.05, 0.1) is 24.8 Å². The molecule has 0 saturated heterocycles. The number of carbonyl (C=O) groups is 1. The average Bonchev–Trinajstić information content (AvgIpc) is 3.12. The van der Waals surface area contributed by atoms with Gasteiger partial charge in [0.1, 0.15) is 11.5 Å².